The second-order valence-corrected chi connectivity index (χ2v) is 6.91. The zero-order valence-corrected chi connectivity index (χ0v) is 17.0. The van der Waals surface area contributed by atoms with E-state index in [1.54, 1.807) is 14.0 Å². The second kappa shape index (κ2) is 9.23. The molecule has 1 heterocycles. The number of methoxy groups -OCH3 is 1. The minimum Gasteiger partial charge on any atom is -0.497 e. The van der Waals surface area contributed by atoms with Gasteiger partial charge in [-0.3, -0.25) is 4.79 Å². The highest BCUT2D eigenvalue weighted by Gasteiger charge is 2.18. The smallest absolute Gasteiger partial charge is 0.261 e. The fourth-order valence-corrected chi connectivity index (χ4v) is 2.82. The van der Waals surface area contributed by atoms with Gasteiger partial charge in [0.1, 0.15) is 11.5 Å². The van der Waals surface area contributed by atoms with Crippen molar-refractivity contribution in [3.63, 3.8) is 0 Å². The molecule has 0 bridgehead atoms. The lowest BCUT2D eigenvalue weighted by atomic mass is 10.0. The summed E-state index contributed by atoms with van der Waals surface area (Å²) in [6.07, 6.45) is -0.657. The molecule has 0 saturated carbocycles. The molecular weight excluding hydrogens is 370 g/mol. The van der Waals surface area contributed by atoms with Crippen LogP contribution in [0.4, 0.5) is 0 Å². The highest BCUT2D eigenvalue weighted by Crippen LogP contribution is 2.26. The molecule has 7 heteroatoms. The number of para-hydroxylation sites is 1. The van der Waals surface area contributed by atoms with E-state index in [-0.39, 0.29) is 12.5 Å². The first kappa shape index (κ1) is 20.4. The Hall–Kier alpha value is -3.35. The lowest BCUT2D eigenvalue weighted by Crippen LogP contribution is -2.36. The summed E-state index contributed by atoms with van der Waals surface area (Å²) >= 11 is 0. The van der Waals surface area contributed by atoms with Gasteiger partial charge in [0.2, 0.25) is 11.7 Å². The van der Waals surface area contributed by atoms with Crippen molar-refractivity contribution < 1.29 is 18.8 Å². The van der Waals surface area contributed by atoms with Crippen molar-refractivity contribution in [2.24, 2.45) is 0 Å². The fourth-order valence-electron chi connectivity index (χ4n) is 2.82. The first-order valence-electron chi connectivity index (χ1n) is 9.48. The summed E-state index contributed by atoms with van der Waals surface area (Å²) in [7, 11) is 1.60. The maximum atomic E-state index is 12.4. The molecule has 0 spiro atoms. The van der Waals surface area contributed by atoms with Crippen LogP contribution in [0.2, 0.25) is 0 Å². The number of nitrogens with one attached hydrogen (secondary N) is 1. The van der Waals surface area contributed by atoms with Gasteiger partial charge in [-0.1, -0.05) is 49.3 Å². The number of benzene rings is 2. The molecule has 0 saturated heterocycles. The van der Waals surface area contributed by atoms with E-state index in [1.165, 1.54) is 0 Å². The normalized spacial score (nSPS) is 11.9. The van der Waals surface area contributed by atoms with Gasteiger partial charge in [0.15, 0.2) is 6.10 Å². The highest BCUT2D eigenvalue weighted by atomic mass is 16.5. The van der Waals surface area contributed by atoms with Crippen LogP contribution >= 0.6 is 0 Å². The molecule has 1 atom stereocenters. The van der Waals surface area contributed by atoms with E-state index in [9.17, 15) is 4.79 Å². The predicted molar refractivity (Wildman–Crippen MR) is 109 cm³/mol. The standard InChI is InChI=1S/C22H25N3O4/c1-14(2)18-10-5-6-11-19(18)28-15(3)22(26)23-13-20-24-21(25-29-20)16-8-7-9-17(12-16)27-4/h5-12,14-15H,13H2,1-4H3,(H,23,26)/t15-/m0/s1. The molecule has 3 rings (SSSR count). The molecule has 0 aliphatic carbocycles. The van der Waals surface area contributed by atoms with Crippen LogP contribution < -0.4 is 14.8 Å². The number of amides is 1. The number of ether oxygens (including phenoxy) is 2. The number of carbonyl (C=O) groups excluding carboxylic acids is 1. The summed E-state index contributed by atoms with van der Waals surface area (Å²) in [5.74, 6) is 2.20. The Bertz CT molecular complexity index is 968. The average Bonchev–Trinajstić information content (AvgIpc) is 3.21. The van der Waals surface area contributed by atoms with E-state index in [2.05, 4.69) is 29.3 Å². The van der Waals surface area contributed by atoms with Crippen molar-refractivity contribution >= 4 is 5.91 Å². The number of aromatic nitrogens is 2. The molecule has 1 N–H and O–H groups in total. The monoisotopic (exact) mass is 395 g/mol. The van der Waals surface area contributed by atoms with Crippen molar-refractivity contribution in [1.82, 2.24) is 15.5 Å². The molecule has 7 nitrogen and oxygen atoms in total. The van der Waals surface area contributed by atoms with Gasteiger partial charge in [-0.2, -0.15) is 4.98 Å². The molecule has 0 unspecified atom stereocenters. The summed E-state index contributed by atoms with van der Waals surface area (Å²) in [6.45, 7) is 6.00. The highest BCUT2D eigenvalue weighted by molar-refractivity contribution is 5.80. The molecule has 0 radical (unpaired) electrons. The zero-order valence-electron chi connectivity index (χ0n) is 17.0. The van der Waals surface area contributed by atoms with E-state index < -0.39 is 6.10 Å². The second-order valence-electron chi connectivity index (χ2n) is 6.91. The van der Waals surface area contributed by atoms with Gasteiger partial charge >= 0.3 is 0 Å². The number of hydrogen-bond acceptors (Lipinski definition) is 6. The number of hydrogen-bond donors (Lipinski definition) is 1. The van der Waals surface area contributed by atoms with Crippen molar-refractivity contribution in [2.75, 3.05) is 7.11 Å². The SMILES string of the molecule is COc1cccc(-c2noc(CNC(=O)[C@H](C)Oc3ccccc3C(C)C)n2)c1. The van der Waals surface area contributed by atoms with Crippen LogP contribution in [0.15, 0.2) is 53.1 Å². The Morgan fingerprint density at radius 2 is 1.93 bits per heavy atom. The Kier molecular flexibility index (Phi) is 6.49. The molecule has 3 aromatic rings. The topological polar surface area (TPSA) is 86.5 Å². The van der Waals surface area contributed by atoms with Crippen LogP contribution in [-0.2, 0) is 11.3 Å². The van der Waals surface area contributed by atoms with Crippen LogP contribution in [0.1, 0.15) is 38.1 Å². The van der Waals surface area contributed by atoms with Gasteiger partial charge in [-0.15, -0.1) is 0 Å². The fraction of sp³-hybridized carbons (Fsp3) is 0.318. The Morgan fingerprint density at radius 3 is 2.69 bits per heavy atom. The Morgan fingerprint density at radius 1 is 1.14 bits per heavy atom. The van der Waals surface area contributed by atoms with Crippen molar-refractivity contribution in [3.05, 3.63) is 60.0 Å². The van der Waals surface area contributed by atoms with Crippen LogP contribution in [0.5, 0.6) is 11.5 Å². The minimum absolute atomic E-state index is 0.120. The molecule has 0 fully saturated rings. The summed E-state index contributed by atoms with van der Waals surface area (Å²) in [5, 5.41) is 6.73. The molecule has 1 amide bonds. The predicted octanol–water partition coefficient (Wildman–Crippen LogP) is 3.95. The molecule has 2 aromatic carbocycles. The molecule has 0 aliphatic heterocycles. The van der Waals surface area contributed by atoms with Gasteiger partial charge < -0.3 is 19.3 Å². The lowest BCUT2D eigenvalue weighted by molar-refractivity contribution is -0.127. The summed E-state index contributed by atoms with van der Waals surface area (Å²) in [5.41, 5.74) is 1.83. The van der Waals surface area contributed by atoms with Crippen molar-refractivity contribution in [2.45, 2.75) is 39.3 Å². The maximum absolute atomic E-state index is 12.4. The third kappa shape index (κ3) is 5.13. The van der Waals surface area contributed by atoms with Crippen LogP contribution in [0.25, 0.3) is 11.4 Å². The first-order chi connectivity index (χ1) is 14.0. The number of carbonyl (C=O) groups is 1. The number of rotatable bonds is 8. The van der Waals surface area contributed by atoms with Gasteiger partial charge in [0.25, 0.3) is 5.91 Å². The van der Waals surface area contributed by atoms with E-state index in [1.807, 2.05) is 48.5 Å². The lowest BCUT2D eigenvalue weighted by Gasteiger charge is -2.18. The van der Waals surface area contributed by atoms with Gasteiger partial charge in [0, 0.05) is 5.56 Å². The van der Waals surface area contributed by atoms with Crippen molar-refractivity contribution in [1.29, 1.82) is 0 Å². The van der Waals surface area contributed by atoms with E-state index in [0.29, 0.717) is 29.1 Å². The summed E-state index contributed by atoms with van der Waals surface area (Å²) in [4.78, 5) is 16.7. The minimum atomic E-state index is -0.657. The summed E-state index contributed by atoms with van der Waals surface area (Å²) in [6, 6.07) is 15.1. The van der Waals surface area contributed by atoms with Gasteiger partial charge in [-0.25, -0.2) is 0 Å². The summed E-state index contributed by atoms with van der Waals surface area (Å²) < 4.78 is 16.3. The van der Waals surface area contributed by atoms with E-state index in [4.69, 9.17) is 14.0 Å². The molecule has 1 aromatic heterocycles. The quantitative estimate of drug-likeness (QED) is 0.621. The van der Waals surface area contributed by atoms with Crippen molar-refractivity contribution in [3.8, 4) is 22.9 Å². The average molecular weight is 395 g/mol. The van der Waals surface area contributed by atoms with Crippen LogP contribution in [-0.4, -0.2) is 29.3 Å². The van der Waals surface area contributed by atoms with Gasteiger partial charge in [-0.05, 0) is 36.6 Å². The van der Waals surface area contributed by atoms with Crippen LogP contribution in [0, 0.1) is 0 Å². The van der Waals surface area contributed by atoms with Crippen LogP contribution in [0.3, 0.4) is 0 Å². The van der Waals surface area contributed by atoms with E-state index >= 15 is 0 Å². The Balaban J connectivity index is 1.59. The third-order valence-corrected chi connectivity index (χ3v) is 4.42. The zero-order chi connectivity index (χ0) is 20.8. The Labute approximate surface area is 170 Å². The van der Waals surface area contributed by atoms with Gasteiger partial charge in [0.05, 0.1) is 13.7 Å². The third-order valence-electron chi connectivity index (χ3n) is 4.42. The molecule has 29 heavy (non-hydrogen) atoms. The molecular formula is C22H25N3O4. The maximum Gasteiger partial charge on any atom is 0.261 e. The number of nitrogens with zero attached hydrogens (tertiary/aromatic N) is 2. The van der Waals surface area contributed by atoms with E-state index in [0.717, 1.165) is 11.1 Å². The largest absolute Gasteiger partial charge is 0.497 e. The first-order valence-corrected chi connectivity index (χ1v) is 9.48. The molecule has 0 aliphatic rings. The molecule has 152 valence electrons.